The van der Waals surface area contributed by atoms with Crippen molar-refractivity contribution < 1.29 is 17.6 Å². The lowest BCUT2D eigenvalue weighted by Crippen LogP contribution is -2.12. The minimum atomic E-state index is -4.61. The van der Waals surface area contributed by atoms with E-state index in [-0.39, 0.29) is 11.1 Å². The average molecular weight is 380 g/mol. The van der Waals surface area contributed by atoms with Crippen molar-refractivity contribution >= 4 is 0 Å². The quantitative estimate of drug-likeness (QED) is 0.697. The fourth-order valence-corrected chi connectivity index (χ4v) is 2.69. The lowest BCUT2D eigenvalue weighted by atomic mass is 10.0. The van der Waals surface area contributed by atoms with Gasteiger partial charge in [-0.3, -0.25) is 9.48 Å². The number of H-pyrrole nitrogens is 1. The first-order chi connectivity index (χ1) is 12.7. The molecule has 142 valence electrons. The van der Waals surface area contributed by atoms with Crippen molar-refractivity contribution in [1.82, 2.24) is 19.7 Å². The minimum absolute atomic E-state index is 0.0748. The van der Waals surface area contributed by atoms with Crippen LogP contribution in [0.2, 0.25) is 0 Å². The Kier molecular flexibility index (Phi) is 4.86. The summed E-state index contributed by atoms with van der Waals surface area (Å²) in [4.78, 5) is 18.6. The Balaban J connectivity index is 1.93. The molecule has 2 aromatic heterocycles. The zero-order valence-electron chi connectivity index (χ0n) is 14.5. The number of rotatable bonds is 4. The maximum Gasteiger partial charge on any atom is 0.416 e. The maximum absolute atomic E-state index is 14.2. The van der Waals surface area contributed by atoms with Crippen LogP contribution in [0.4, 0.5) is 17.6 Å². The Morgan fingerprint density at radius 1 is 1.26 bits per heavy atom. The predicted octanol–water partition coefficient (Wildman–Crippen LogP) is 3.96. The molecule has 0 aliphatic carbocycles. The third kappa shape index (κ3) is 3.91. The number of hydrogen-bond donors (Lipinski definition) is 1. The van der Waals surface area contributed by atoms with Gasteiger partial charge in [0, 0.05) is 29.8 Å². The molecule has 1 N–H and O–H groups in total. The Hall–Kier alpha value is -2.97. The van der Waals surface area contributed by atoms with E-state index in [2.05, 4.69) is 15.1 Å². The molecule has 27 heavy (non-hydrogen) atoms. The van der Waals surface area contributed by atoms with Gasteiger partial charge in [0.1, 0.15) is 11.6 Å². The van der Waals surface area contributed by atoms with E-state index in [1.807, 2.05) is 6.92 Å². The van der Waals surface area contributed by atoms with Crippen LogP contribution in [-0.4, -0.2) is 19.7 Å². The van der Waals surface area contributed by atoms with Crippen molar-refractivity contribution in [3.63, 3.8) is 0 Å². The number of aromatic amines is 1. The van der Waals surface area contributed by atoms with Crippen molar-refractivity contribution in [3.8, 4) is 11.3 Å². The number of aryl methyl sites for hydroxylation is 1. The molecule has 1 aromatic carbocycles. The largest absolute Gasteiger partial charge is 0.416 e. The molecule has 0 unspecified atom stereocenters. The Morgan fingerprint density at radius 3 is 2.63 bits per heavy atom. The molecule has 0 bridgehead atoms. The van der Waals surface area contributed by atoms with Crippen LogP contribution in [0, 0.1) is 5.82 Å². The number of alkyl halides is 3. The smallest absolute Gasteiger partial charge is 0.311 e. The van der Waals surface area contributed by atoms with E-state index in [0.29, 0.717) is 29.6 Å². The third-order valence-corrected chi connectivity index (χ3v) is 4.20. The van der Waals surface area contributed by atoms with E-state index in [4.69, 9.17) is 0 Å². The van der Waals surface area contributed by atoms with E-state index in [1.165, 1.54) is 16.9 Å². The molecule has 9 heteroatoms. The average Bonchev–Trinajstić information content (AvgIpc) is 3.10. The van der Waals surface area contributed by atoms with E-state index in [1.54, 1.807) is 13.1 Å². The summed E-state index contributed by atoms with van der Waals surface area (Å²) in [5.41, 5.74) is -0.300. The van der Waals surface area contributed by atoms with E-state index < -0.39 is 23.6 Å². The Labute approximate surface area is 151 Å². The van der Waals surface area contributed by atoms with Gasteiger partial charge in [-0.15, -0.1) is 0 Å². The van der Waals surface area contributed by atoms with Crippen LogP contribution < -0.4 is 5.56 Å². The Morgan fingerprint density at radius 2 is 2.00 bits per heavy atom. The second kappa shape index (κ2) is 6.98. The molecular formula is C18H16F4N4O. The molecule has 3 aromatic rings. The fourth-order valence-electron chi connectivity index (χ4n) is 2.69. The van der Waals surface area contributed by atoms with Crippen LogP contribution in [0.15, 0.2) is 41.5 Å². The molecule has 1 atom stereocenters. The van der Waals surface area contributed by atoms with Gasteiger partial charge in [-0.05, 0) is 19.1 Å². The van der Waals surface area contributed by atoms with E-state index >= 15 is 0 Å². The molecule has 0 saturated heterocycles. The first kappa shape index (κ1) is 18.8. The molecule has 0 amide bonds. The highest BCUT2D eigenvalue weighted by Crippen LogP contribution is 2.32. The zero-order valence-corrected chi connectivity index (χ0v) is 14.5. The molecular weight excluding hydrogens is 364 g/mol. The highest BCUT2D eigenvalue weighted by atomic mass is 19.4. The molecule has 0 aliphatic rings. The first-order valence-electron chi connectivity index (χ1n) is 8.20. The van der Waals surface area contributed by atoms with Gasteiger partial charge in [0.15, 0.2) is 0 Å². The van der Waals surface area contributed by atoms with Crippen LogP contribution in [0.1, 0.15) is 36.8 Å². The summed E-state index contributed by atoms with van der Waals surface area (Å²) in [6.07, 6.45) is -1.02. The number of aromatic nitrogens is 4. The molecule has 3 rings (SSSR count). The van der Waals surface area contributed by atoms with Crippen LogP contribution in [0.25, 0.3) is 11.3 Å². The summed E-state index contributed by atoms with van der Waals surface area (Å²) in [6.45, 7) is 3.46. The number of nitrogens with zero attached hydrogens (tertiary/aromatic N) is 3. The molecule has 0 aliphatic heterocycles. The number of nitrogens with one attached hydrogen (secondary N) is 1. The van der Waals surface area contributed by atoms with E-state index in [9.17, 15) is 22.4 Å². The van der Waals surface area contributed by atoms with Crippen LogP contribution in [-0.2, 0) is 12.6 Å². The van der Waals surface area contributed by atoms with Crippen LogP contribution in [0.5, 0.6) is 0 Å². The maximum atomic E-state index is 14.2. The molecule has 0 radical (unpaired) electrons. The monoisotopic (exact) mass is 380 g/mol. The summed E-state index contributed by atoms with van der Waals surface area (Å²) >= 11 is 0. The fraction of sp³-hybridized carbons (Fsp3) is 0.278. The lowest BCUT2D eigenvalue weighted by molar-refractivity contribution is -0.137. The van der Waals surface area contributed by atoms with Crippen LogP contribution >= 0.6 is 0 Å². The van der Waals surface area contributed by atoms with Gasteiger partial charge in [0.05, 0.1) is 23.5 Å². The highest BCUT2D eigenvalue weighted by Gasteiger charge is 2.31. The number of halogens is 4. The van der Waals surface area contributed by atoms with E-state index in [0.717, 1.165) is 12.1 Å². The second-order valence-corrected chi connectivity index (χ2v) is 6.05. The van der Waals surface area contributed by atoms with Gasteiger partial charge in [-0.2, -0.15) is 18.3 Å². The molecule has 0 saturated carbocycles. The molecule has 0 spiro atoms. The van der Waals surface area contributed by atoms with Gasteiger partial charge in [0.2, 0.25) is 0 Å². The van der Waals surface area contributed by atoms with Crippen molar-refractivity contribution in [2.24, 2.45) is 0 Å². The first-order valence-corrected chi connectivity index (χ1v) is 8.20. The zero-order chi connectivity index (χ0) is 19.8. The van der Waals surface area contributed by atoms with Gasteiger partial charge in [-0.1, -0.05) is 13.0 Å². The lowest BCUT2D eigenvalue weighted by Gasteiger charge is -2.15. The number of hydrogen-bond acceptors (Lipinski definition) is 3. The Bertz CT molecular complexity index is 1020. The molecule has 0 fully saturated rings. The van der Waals surface area contributed by atoms with Gasteiger partial charge in [0.25, 0.3) is 5.56 Å². The standard InChI is InChI=1S/C18H16F4N4O/c1-3-16-24-15(7-17(27)25-16)11-8-23-26(9-11)10(2)13-5-4-12(6-14(13)19)18(20,21)22/h4-10H,3H2,1-2H3,(H,24,25,27)/t10-/m1/s1. The normalized spacial score (nSPS) is 13.0. The van der Waals surface area contributed by atoms with Gasteiger partial charge >= 0.3 is 6.18 Å². The minimum Gasteiger partial charge on any atom is -0.311 e. The second-order valence-electron chi connectivity index (χ2n) is 6.05. The van der Waals surface area contributed by atoms with Crippen molar-refractivity contribution in [2.75, 3.05) is 0 Å². The van der Waals surface area contributed by atoms with Crippen LogP contribution in [0.3, 0.4) is 0 Å². The molecule has 5 nitrogen and oxygen atoms in total. The number of benzene rings is 1. The third-order valence-electron chi connectivity index (χ3n) is 4.20. The molecule has 2 heterocycles. The summed E-state index contributed by atoms with van der Waals surface area (Å²) in [5.74, 6) is -0.441. The summed E-state index contributed by atoms with van der Waals surface area (Å²) in [6, 6.07) is 3.09. The van der Waals surface area contributed by atoms with Crippen molar-refractivity contribution in [3.05, 3.63) is 69.8 Å². The SMILES string of the molecule is CCc1nc(-c2cnn([C@H](C)c3ccc(C(F)(F)F)cc3F)c2)cc(=O)[nH]1. The van der Waals surface area contributed by atoms with Gasteiger partial charge < -0.3 is 4.98 Å². The van der Waals surface area contributed by atoms with Gasteiger partial charge in [-0.25, -0.2) is 9.37 Å². The summed E-state index contributed by atoms with van der Waals surface area (Å²) in [5, 5.41) is 4.14. The topological polar surface area (TPSA) is 63.6 Å². The highest BCUT2D eigenvalue weighted by molar-refractivity contribution is 5.56. The van der Waals surface area contributed by atoms with Crippen molar-refractivity contribution in [1.29, 1.82) is 0 Å². The summed E-state index contributed by atoms with van der Waals surface area (Å²) < 4.78 is 53.7. The van der Waals surface area contributed by atoms with Crippen molar-refractivity contribution in [2.45, 2.75) is 32.5 Å². The summed E-state index contributed by atoms with van der Waals surface area (Å²) in [7, 11) is 0. The predicted molar refractivity (Wildman–Crippen MR) is 90.7 cm³/mol.